The van der Waals surface area contributed by atoms with Gasteiger partial charge in [0.2, 0.25) is 5.91 Å². The summed E-state index contributed by atoms with van der Waals surface area (Å²) in [4.78, 5) is 13.8. The van der Waals surface area contributed by atoms with Gasteiger partial charge in [0.05, 0.1) is 6.04 Å². The van der Waals surface area contributed by atoms with Gasteiger partial charge in [-0.25, -0.2) is 0 Å². The molecule has 4 heteroatoms. The van der Waals surface area contributed by atoms with Gasteiger partial charge in [-0.1, -0.05) is 26.7 Å². The van der Waals surface area contributed by atoms with Gasteiger partial charge in [0.25, 0.3) is 0 Å². The van der Waals surface area contributed by atoms with Gasteiger partial charge in [-0.05, 0) is 19.1 Å². The molecule has 0 aromatic heterocycles. The first kappa shape index (κ1) is 15.8. The molecule has 1 unspecified atom stereocenters. The fourth-order valence-corrected chi connectivity index (χ4v) is 2.53. The van der Waals surface area contributed by atoms with Crippen molar-refractivity contribution in [2.45, 2.75) is 51.6 Å². The summed E-state index contributed by atoms with van der Waals surface area (Å²) in [7, 11) is 1.87. The highest BCUT2D eigenvalue weighted by molar-refractivity contribution is 7.98. The van der Waals surface area contributed by atoms with Crippen molar-refractivity contribution in [1.82, 2.24) is 4.90 Å². The summed E-state index contributed by atoms with van der Waals surface area (Å²) in [6.45, 7) is 4.23. The predicted molar refractivity (Wildman–Crippen MR) is 72.7 cm³/mol. The van der Waals surface area contributed by atoms with Crippen molar-refractivity contribution in [2.24, 2.45) is 5.73 Å². The minimum Gasteiger partial charge on any atom is -0.341 e. The molecule has 0 aliphatic rings. The summed E-state index contributed by atoms with van der Waals surface area (Å²) in [5.41, 5.74) is 5.89. The molecule has 16 heavy (non-hydrogen) atoms. The zero-order valence-corrected chi connectivity index (χ0v) is 11.8. The van der Waals surface area contributed by atoms with E-state index < -0.39 is 0 Å². The standard InChI is InChI=1S/C12H26N2OS/c1-5-7-8-11(13)12(15)14(3)10(6-2)9-16-4/h10-11H,5-9,13H2,1-4H3/t10?,11-/m0/s1. The molecule has 0 aromatic carbocycles. The van der Waals surface area contributed by atoms with Crippen LogP contribution in [-0.2, 0) is 4.79 Å². The molecule has 0 aliphatic heterocycles. The molecule has 0 heterocycles. The maximum atomic E-state index is 12.0. The third-order valence-electron chi connectivity index (χ3n) is 2.91. The van der Waals surface area contributed by atoms with Gasteiger partial charge in [-0.15, -0.1) is 0 Å². The van der Waals surface area contributed by atoms with Crippen molar-refractivity contribution in [3.8, 4) is 0 Å². The summed E-state index contributed by atoms with van der Waals surface area (Å²) in [6, 6.07) is -0.00367. The highest BCUT2D eigenvalue weighted by atomic mass is 32.2. The Bertz CT molecular complexity index is 199. The van der Waals surface area contributed by atoms with E-state index in [9.17, 15) is 4.79 Å². The SMILES string of the molecule is CCCC[C@H](N)C(=O)N(C)C(CC)CSC. The van der Waals surface area contributed by atoms with Crippen molar-refractivity contribution in [2.75, 3.05) is 19.1 Å². The van der Waals surface area contributed by atoms with Gasteiger partial charge < -0.3 is 10.6 Å². The van der Waals surface area contributed by atoms with Gasteiger partial charge in [0.15, 0.2) is 0 Å². The minimum absolute atomic E-state index is 0.0920. The summed E-state index contributed by atoms with van der Waals surface area (Å²) >= 11 is 1.77. The van der Waals surface area contributed by atoms with Crippen molar-refractivity contribution < 1.29 is 4.79 Å². The summed E-state index contributed by atoms with van der Waals surface area (Å²) < 4.78 is 0. The molecule has 96 valence electrons. The van der Waals surface area contributed by atoms with E-state index >= 15 is 0 Å². The van der Waals surface area contributed by atoms with Crippen LogP contribution in [0.15, 0.2) is 0 Å². The molecule has 0 spiro atoms. The second kappa shape index (κ2) is 8.88. The molecule has 0 radical (unpaired) electrons. The van der Waals surface area contributed by atoms with E-state index in [0.29, 0.717) is 6.04 Å². The Hall–Kier alpha value is -0.220. The maximum absolute atomic E-state index is 12.0. The Morgan fingerprint density at radius 2 is 2.06 bits per heavy atom. The molecule has 2 N–H and O–H groups in total. The molecule has 0 bridgehead atoms. The molecule has 0 saturated heterocycles. The van der Waals surface area contributed by atoms with Gasteiger partial charge in [-0.2, -0.15) is 11.8 Å². The Morgan fingerprint density at radius 1 is 1.44 bits per heavy atom. The first-order valence-corrected chi connectivity index (χ1v) is 7.48. The highest BCUT2D eigenvalue weighted by Crippen LogP contribution is 2.11. The lowest BCUT2D eigenvalue weighted by Gasteiger charge is -2.29. The van der Waals surface area contributed by atoms with Gasteiger partial charge in [0, 0.05) is 18.8 Å². The number of nitrogens with zero attached hydrogens (tertiary/aromatic N) is 1. The number of thioether (sulfide) groups is 1. The molecule has 2 atom stereocenters. The van der Waals surface area contributed by atoms with Crippen LogP contribution in [0.5, 0.6) is 0 Å². The van der Waals surface area contributed by atoms with E-state index in [1.807, 2.05) is 11.9 Å². The normalized spacial score (nSPS) is 14.6. The van der Waals surface area contributed by atoms with Crippen LogP contribution < -0.4 is 5.73 Å². The highest BCUT2D eigenvalue weighted by Gasteiger charge is 2.22. The van der Waals surface area contributed by atoms with E-state index in [1.54, 1.807) is 11.8 Å². The molecule has 3 nitrogen and oxygen atoms in total. The second-order valence-corrected chi connectivity index (χ2v) is 5.13. The van der Waals surface area contributed by atoms with Crippen LogP contribution in [0.4, 0.5) is 0 Å². The van der Waals surface area contributed by atoms with Crippen LogP contribution in [0.3, 0.4) is 0 Å². The molecular weight excluding hydrogens is 220 g/mol. The number of carbonyl (C=O) groups excluding carboxylic acids is 1. The number of likely N-dealkylation sites (N-methyl/N-ethyl adjacent to an activating group) is 1. The maximum Gasteiger partial charge on any atom is 0.239 e. The smallest absolute Gasteiger partial charge is 0.239 e. The zero-order chi connectivity index (χ0) is 12.6. The van der Waals surface area contributed by atoms with Crippen LogP contribution in [0.1, 0.15) is 39.5 Å². The molecule has 1 amide bonds. The van der Waals surface area contributed by atoms with Crippen molar-refractivity contribution in [1.29, 1.82) is 0 Å². The molecule has 0 aromatic rings. The predicted octanol–water partition coefficient (Wildman–Crippen LogP) is 2.10. The summed E-state index contributed by atoms with van der Waals surface area (Å²) in [5, 5.41) is 0. The monoisotopic (exact) mass is 246 g/mol. The summed E-state index contributed by atoms with van der Waals surface area (Å²) in [6.07, 6.45) is 5.98. The number of amides is 1. The van der Waals surface area contributed by atoms with Crippen LogP contribution >= 0.6 is 11.8 Å². The van der Waals surface area contributed by atoms with Crippen LogP contribution in [0, 0.1) is 0 Å². The quantitative estimate of drug-likeness (QED) is 0.713. The largest absolute Gasteiger partial charge is 0.341 e. The van der Waals surface area contributed by atoms with Crippen molar-refractivity contribution >= 4 is 17.7 Å². The number of hydrogen-bond acceptors (Lipinski definition) is 3. The first-order valence-electron chi connectivity index (χ1n) is 6.09. The Morgan fingerprint density at radius 3 is 2.50 bits per heavy atom. The van der Waals surface area contributed by atoms with Gasteiger partial charge in [-0.3, -0.25) is 4.79 Å². The van der Waals surface area contributed by atoms with Crippen LogP contribution in [0.2, 0.25) is 0 Å². The molecular formula is C12H26N2OS. The number of hydrogen-bond donors (Lipinski definition) is 1. The fraction of sp³-hybridized carbons (Fsp3) is 0.917. The van der Waals surface area contributed by atoms with Crippen LogP contribution in [-0.4, -0.2) is 41.9 Å². The molecule has 0 saturated carbocycles. The number of unbranched alkanes of at least 4 members (excludes halogenated alkanes) is 1. The Kier molecular flexibility index (Phi) is 8.76. The van der Waals surface area contributed by atoms with E-state index in [0.717, 1.165) is 31.4 Å². The average molecular weight is 246 g/mol. The Labute approximate surface area is 104 Å². The first-order chi connectivity index (χ1) is 7.58. The fourth-order valence-electron chi connectivity index (χ4n) is 1.68. The molecule has 0 aliphatic carbocycles. The Balaban J connectivity index is 4.22. The number of nitrogens with two attached hydrogens (primary N) is 1. The van der Waals surface area contributed by atoms with E-state index in [4.69, 9.17) is 5.73 Å². The van der Waals surface area contributed by atoms with Gasteiger partial charge >= 0.3 is 0 Å². The number of carbonyl (C=O) groups is 1. The lowest BCUT2D eigenvalue weighted by molar-refractivity contribution is -0.133. The molecule has 0 fully saturated rings. The van der Waals surface area contributed by atoms with E-state index in [1.165, 1.54) is 0 Å². The van der Waals surface area contributed by atoms with Gasteiger partial charge in [0.1, 0.15) is 0 Å². The average Bonchev–Trinajstić information content (AvgIpc) is 2.31. The topological polar surface area (TPSA) is 46.3 Å². The summed E-state index contributed by atoms with van der Waals surface area (Å²) in [5.74, 6) is 1.08. The third kappa shape index (κ3) is 5.21. The van der Waals surface area contributed by atoms with E-state index in [2.05, 4.69) is 20.1 Å². The van der Waals surface area contributed by atoms with E-state index in [-0.39, 0.29) is 11.9 Å². The third-order valence-corrected chi connectivity index (χ3v) is 3.63. The lowest BCUT2D eigenvalue weighted by Crippen LogP contribution is -2.47. The number of rotatable bonds is 8. The second-order valence-electron chi connectivity index (χ2n) is 4.22. The van der Waals surface area contributed by atoms with Crippen LogP contribution in [0.25, 0.3) is 0 Å². The van der Waals surface area contributed by atoms with Crippen molar-refractivity contribution in [3.05, 3.63) is 0 Å². The zero-order valence-electron chi connectivity index (χ0n) is 11.0. The molecule has 0 rings (SSSR count). The van der Waals surface area contributed by atoms with Crippen molar-refractivity contribution in [3.63, 3.8) is 0 Å². The minimum atomic E-state index is -0.319. The lowest BCUT2D eigenvalue weighted by atomic mass is 10.1.